The molecule has 43 heavy (non-hydrogen) atoms. The van der Waals surface area contributed by atoms with Gasteiger partial charge in [0.15, 0.2) is 0 Å². The monoisotopic (exact) mass is 576 g/mol. The van der Waals surface area contributed by atoms with E-state index in [1.54, 1.807) is 23.3 Å². The van der Waals surface area contributed by atoms with Gasteiger partial charge in [0.05, 0.1) is 41.4 Å². The number of aryl methyl sites for hydroxylation is 1. The first-order chi connectivity index (χ1) is 20.7. The normalized spacial score (nSPS) is 15.3. The molecule has 5 aromatic rings. The molecule has 2 aromatic carbocycles. The van der Waals surface area contributed by atoms with Gasteiger partial charge in [-0.25, -0.2) is 14.5 Å². The van der Waals surface area contributed by atoms with Crippen molar-refractivity contribution in [2.75, 3.05) is 22.6 Å². The number of anilines is 3. The van der Waals surface area contributed by atoms with E-state index < -0.39 is 0 Å². The molecule has 0 saturated carbocycles. The number of rotatable bonds is 6. The topological polar surface area (TPSA) is 119 Å². The molecule has 1 unspecified atom stereocenters. The second kappa shape index (κ2) is 11.8. The van der Waals surface area contributed by atoms with Gasteiger partial charge in [0.25, 0.3) is 0 Å². The van der Waals surface area contributed by atoms with Crippen LogP contribution < -0.4 is 16.0 Å². The van der Waals surface area contributed by atoms with Crippen LogP contribution in [-0.4, -0.2) is 43.6 Å². The Labute approximate surface area is 250 Å². The van der Waals surface area contributed by atoms with Crippen molar-refractivity contribution >= 4 is 34.1 Å². The van der Waals surface area contributed by atoms with Crippen LogP contribution in [-0.2, 0) is 10.2 Å². The molecular weight excluding hydrogens is 540 g/mol. The number of ether oxygens (including phenoxy) is 1. The SMILES string of the molecule is Cc1ccc(-n2nc(C(C)(C)C)cc2NC(=O)Nc2ccc(-c3cnc(NC4CCCCO4)cn3)c3ccccc23)cn1. The number of hydrogen-bond acceptors (Lipinski definition) is 7. The predicted molar refractivity (Wildman–Crippen MR) is 170 cm³/mol. The van der Waals surface area contributed by atoms with Crippen molar-refractivity contribution in [2.45, 2.75) is 58.6 Å². The van der Waals surface area contributed by atoms with Gasteiger partial charge in [0.1, 0.15) is 17.9 Å². The van der Waals surface area contributed by atoms with E-state index in [0.29, 0.717) is 17.3 Å². The Morgan fingerprint density at radius 2 is 1.77 bits per heavy atom. The summed E-state index contributed by atoms with van der Waals surface area (Å²) in [6, 6.07) is 17.2. The Morgan fingerprint density at radius 3 is 2.47 bits per heavy atom. The first-order valence-electron chi connectivity index (χ1n) is 14.6. The van der Waals surface area contributed by atoms with E-state index in [1.807, 2.05) is 61.5 Å². The summed E-state index contributed by atoms with van der Waals surface area (Å²) in [5.74, 6) is 1.24. The molecule has 2 amide bonds. The lowest BCUT2D eigenvalue weighted by atomic mass is 9.92. The number of hydrogen-bond donors (Lipinski definition) is 3. The lowest BCUT2D eigenvalue weighted by Gasteiger charge is -2.23. The highest BCUT2D eigenvalue weighted by Crippen LogP contribution is 2.33. The van der Waals surface area contributed by atoms with Gasteiger partial charge in [-0.2, -0.15) is 5.10 Å². The summed E-state index contributed by atoms with van der Waals surface area (Å²) in [5, 5.41) is 16.0. The second-order valence-electron chi connectivity index (χ2n) is 11.8. The lowest BCUT2D eigenvalue weighted by molar-refractivity contribution is 0.0341. The van der Waals surface area contributed by atoms with Crippen LogP contribution in [0.5, 0.6) is 0 Å². The van der Waals surface area contributed by atoms with Crippen molar-refractivity contribution in [3.05, 3.63) is 84.6 Å². The van der Waals surface area contributed by atoms with E-state index in [0.717, 1.165) is 65.0 Å². The van der Waals surface area contributed by atoms with Crippen molar-refractivity contribution in [1.82, 2.24) is 24.7 Å². The molecular formula is C33H36N8O2. The fraction of sp³-hybridized carbons (Fsp3) is 0.303. The van der Waals surface area contributed by atoms with Crippen LogP contribution in [0.25, 0.3) is 27.7 Å². The summed E-state index contributed by atoms with van der Waals surface area (Å²) < 4.78 is 7.47. The molecule has 1 aliphatic rings. The van der Waals surface area contributed by atoms with Crippen LogP contribution in [0, 0.1) is 6.92 Å². The Bertz CT molecular complexity index is 1730. The third-order valence-electron chi connectivity index (χ3n) is 7.45. The molecule has 3 N–H and O–H groups in total. The predicted octanol–water partition coefficient (Wildman–Crippen LogP) is 7.07. The van der Waals surface area contributed by atoms with Gasteiger partial charge in [-0.05, 0) is 49.8 Å². The summed E-state index contributed by atoms with van der Waals surface area (Å²) in [5.41, 5.74) is 4.66. The number of fused-ring (bicyclic) bond motifs is 1. The Morgan fingerprint density at radius 1 is 0.930 bits per heavy atom. The molecule has 1 fully saturated rings. The molecule has 4 heterocycles. The van der Waals surface area contributed by atoms with Crippen LogP contribution in [0.15, 0.2) is 73.2 Å². The number of pyridine rings is 1. The van der Waals surface area contributed by atoms with E-state index in [4.69, 9.17) is 9.84 Å². The number of nitrogens with zero attached hydrogens (tertiary/aromatic N) is 5. The fourth-order valence-corrected chi connectivity index (χ4v) is 5.08. The number of nitrogens with one attached hydrogen (secondary N) is 3. The van der Waals surface area contributed by atoms with Crippen LogP contribution in [0.1, 0.15) is 51.4 Å². The van der Waals surface area contributed by atoms with Crippen molar-refractivity contribution in [2.24, 2.45) is 0 Å². The largest absolute Gasteiger partial charge is 0.359 e. The summed E-state index contributed by atoms with van der Waals surface area (Å²) in [7, 11) is 0. The summed E-state index contributed by atoms with van der Waals surface area (Å²) in [6.45, 7) is 8.96. The molecule has 6 rings (SSSR count). The van der Waals surface area contributed by atoms with Gasteiger partial charge in [-0.15, -0.1) is 0 Å². The minimum absolute atomic E-state index is 0.0292. The van der Waals surface area contributed by atoms with Gasteiger partial charge < -0.3 is 15.4 Å². The number of carbonyl (C=O) groups is 1. The van der Waals surface area contributed by atoms with E-state index in [9.17, 15) is 4.79 Å². The molecule has 0 aliphatic carbocycles. The smallest absolute Gasteiger partial charge is 0.324 e. The Kier molecular flexibility index (Phi) is 7.77. The fourth-order valence-electron chi connectivity index (χ4n) is 5.08. The highest BCUT2D eigenvalue weighted by Gasteiger charge is 2.22. The summed E-state index contributed by atoms with van der Waals surface area (Å²) in [6.07, 6.45) is 8.41. The third kappa shape index (κ3) is 6.34. The summed E-state index contributed by atoms with van der Waals surface area (Å²) in [4.78, 5) is 27.0. The molecule has 10 nitrogen and oxygen atoms in total. The number of amides is 2. The average molecular weight is 577 g/mol. The van der Waals surface area contributed by atoms with Crippen molar-refractivity contribution in [3.63, 3.8) is 0 Å². The molecule has 10 heteroatoms. The lowest BCUT2D eigenvalue weighted by Crippen LogP contribution is -2.27. The minimum Gasteiger partial charge on any atom is -0.359 e. The first-order valence-corrected chi connectivity index (χ1v) is 14.6. The molecule has 0 radical (unpaired) electrons. The number of aromatic nitrogens is 5. The van der Waals surface area contributed by atoms with E-state index in [1.165, 1.54) is 0 Å². The van der Waals surface area contributed by atoms with Gasteiger partial charge in [0, 0.05) is 34.7 Å². The van der Waals surface area contributed by atoms with E-state index in [-0.39, 0.29) is 17.7 Å². The molecule has 1 atom stereocenters. The van der Waals surface area contributed by atoms with Gasteiger partial charge >= 0.3 is 6.03 Å². The molecule has 3 aromatic heterocycles. The summed E-state index contributed by atoms with van der Waals surface area (Å²) >= 11 is 0. The van der Waals surface area contributed by atoms with Crippen LogP contribution in [0.3, 0.4) is 0 Å². The van der Waals surface area contributed by atoms with Gasteiger partial charge in [-0.3, -0.25) is 15.3 Å². The number of urea groups is 1. The van der Waals surface area contributed by atoms with Gasteiger partial charge in [0.2, 0.25) is 0 Å². The highest BCUT2D eigenvalue weighted by molar-refractivity contribution is 6.09. The second-order valence-corrected chi connectivity index (χ2v) is 11.8. The number of carbonyl (C=O) groups excluding carboxylic acids is 1. The molecule has 1 saturated heterocycles. The van der Waals surface area contributed by atoms with Crippen LogP contribution >= 0.6 is 0 Å². The Hall–Kier alpha value is -4.83. The first kappa shape index (κ1) is 28.3. The van der Waals surface area contributed by atoms with Crippen LogP contribution in [0.4, 0.5) is 22.1 Å². The maximum atomic E-state index is 13.4. The minimum atomic E-state index is -0.375. The highest BCUT2D eigenvalue weighted by atomic mass is 16.5. The zero-order valence-electron chi connectivity index (χ0n) is 24.9. The van der Waals surface area contributed by atoms with E-state index >= 15 is 0 Å². The van der Waals surface area contributed by atoms with Crippen LogP contribution in [0.2, 0.25) is 0 Å². The molecule has 0 bridgehead atoms. The van der Waals surface area contributed by atoms with Gasteiger partial charge in [-0.1, -0.05) is 51.1 Å². The standard InChI is InChI=1S/C33H36N8O2/c1-21-12-13-22(18-34-21)41-30(17-28(40-41)33(2,3)4)39-32(42)37-26-15-14-25(23-9-5-6-10-24(23)26)27-19-36-29(20-35-27)38-31-11-7-8-16-43-31/h5-6,9-10,12-15,17-20,31H,7-8,11,16H2,1-4H3,(H,36,38)(H2,37,39,42). The molecule has 0 spiro atoms. The molecule has 220 valence electrons. The zero-order chi connectivity index (χ0) is 30.0. The van der Waals surface area contributed by atoms with Crippen molar-refractivity contribution < 1.29 is 9.53 Å². The van der Waals surface area contributed by atoms with Crippen molar-refractivity contribution in [3.8, 4) is 16.9 Å². The maximum Gasteiger partial charge on any atom is 0.324 e. The zero-order valence-corrected chi connectivity index (χ0v) is 24.9. The maximum absolute atomic E-state index is 13.4. The van der Waals surface area contributed by atoms with Crippen molar-refractivity contribution in [1.29, 1.82) is 0 Å². The third-order valence-corrected chi connectivity index (χ3v) is 7.45. The average Bonchev–Trinajstić information content (AvgIpc) is 3.43. The quantitative estimate of drug-likeness (QED) is 0.198. The van der Waals surface area contributed by atoms with E-state index in [2.05, 4.69) is 51.7 Å². The Balaban J connectivity index is 1.24. The molecule has 1 aliphatic heterocycles. The number of benzene rings is 2.